The fourth-order valence-corrected chi connectivity index (χ4v) is 3.79. The van der Waals surface area contributed by atoms with E-state index in [2.05, 4.69) is 21.5 Å². The van der Waals surface area contributed by atoms with E-state index in [0.717, 1.165) is 19.3 Å². The molecular formula is C12H19NO3S2. The summed E-state index contributed by atoms with van der Waals surface area (Å²) < 4.78 is 4.49. The summed E-state index contributed by atoms with van der Waals surface area (Å²) in [7, 11) is 5.00. The molecule has 1 aliphatic heterocycles. The fourth-order valence-electron chi connectivity index (χ4n) is 1.53. The monoisotopic (exact) mass is 289 g/mol. The first-order chi connectivity index (χ1) is 8.72. The molecule has 0 spiro atoms. The minimum absolute atomic E-state index is 0.0166. The summed E-state index contributed by atoms with van der Waals surface area (Å²) in [6.45, 7) is 0.364. The van der Waals surface area contributed by atoms with Crippen LogP contribution in [-0.4, -0.2) is 30.8 Å². The maximum atomic E-state index is 11.4. The number of rotatable bonds is 8. The molecule has 102 valence electrons. The first-order valence-electron chi connectivity index (χ1n) is 6.04. The Morgan fingerprint density at radius 3 is 2.83 bits per heavy atom. The third-order valence-electron chi connectivity index (χ3n) is 2.55. The van der Waals surface area contributed by atoms with Crippen LogP contribution in [0, 0.1) is 0 Å². The zero-order valence-corrected chi connectivity index (χ0v) is 12.1. The van der Waals surface area contributed by atoms with Crippen molar-refractivity contribution in [3.8, 4) is 0 Å². The quantitative estimate of drug-likeness (QED) is 0.423. The van der Waals surface area contributed by atoms with Crippen molar-refractivity contribution in [2.75, 3.05) is 13.7 Å². The zero-order chi connectivity index (χ0) is 13.2. The number of hydrogen-bond donors (Lipinski definition) is 1. The fraction of sp³-hybridized carbons (Fsp3) is 0.667. The summed E-state index contributed by atoms with van der Waals surface area (Å²) in [5.74, 6) is -0.277. The topological polar surface area (TPSA) is 55.4 Å². The van der Waals surface area contributed by atoms with Crippen molar-refractivity contribution in [2.24, 2.45) is 0 Å². The molecule has 6 heteroatoms. The Balaban J connectivity index is 1.93. The number of ether oxygens (including phenoxy) is 1. The van der Waals surface area contributed by atoms with E-state index < -0.39 is 0 Å². The minimum Gasteiger partial charge on any atom is -0.469 e. The van der Waals surface area contributed by atoms with Gasteiger partial charge in [-0.25, -0.2) is 0 Å². The average molecular weight is 289 g/mol. The predicted molar refractivity (Wildman–Crippen MR) is 76.2 cm³/mol. The van der Waals surface area contributed by atoms with Crippen molar-refractivity contribution >= 4 is 33.5 Å². The Kier molecular flexibility index (Phi) is 8.00. The van der Waals surface area contributed by atoms with Gasteiger partial charge in [-0.3, -0.25) is 9.59 Å². The molecule has 1 heterocycles. The van der Waals surface area contributed by atoms with Crippen LogP contribution in [0.25, 0.3) is 0 Å². The van der Waals surface area contributed by atoms with Gasteiger partial charge in [-0.2, -0.15) is 0 Å². The number of methoxy groups -OCH3 is 1. The van der Waals surface area contributed by atoms with Crippen LogP contribution in [0.3, 0.4) is 0 Å². The number of hydrogen-bond acceptors (Lipinski definition) is 5. The van der Waals surface area contributed by atoms with E-state index >= 15 is 0 Å². The maximum absolute atomic E-state index is 11.4. The third kappa shape index (κ3) is 6.96. The van der Waals surface area contributed by atoms with Crippen LogP contribution >= 0.6 is 21.6 Å². The molecule has 1 aliphatic rings. The van der Waals surface area contributed by atoms with E-state index in [4.69, 9.17) is 0 Å². The molecule has 0 saturated carbocycles. The molecule has 0 aromatic heterocycles. The van der Waals surface area contributed by atoms with Gasteiger partial charge >= 0.3 is 5.97 Å². The highest BCUT2D eigenvalue weighted by Gasteiger charge is 2.10. The van der Waals surface area contributed by atoms with Gasteiger partial charge in [0.2, 0.25) is 5.91 Å². The summed E-state index contributed by atoms with van der Waals surface area (Å²) in [4.78, 5) is 22.2. The number of amides is 1. The lowest BCUT2D eigenvalue weighted by Crippen LogP contribution is -2.26. The molecule has 0 aliphatic carbocycles. The Bertz CT molecular complexity index is 308. The second-order valence-electron chi connectivity index (χ2n) is 3.98. The maximum Gasteiger partial charge on any atom is 0.307 e. The van der Waals surface area contributed by atoms with Crippen LogP contribution in [0.1, 0.15) is 32.1 Å². The van der Waals surface area contributed by atoms with Crippen molar-refractivity contribution in [3.05, 3.63) is 11.5 Å². The van der Waals surface area contributed by atoms with E-state index in [1.165, 1.54) is 7.11 Å². The van der Waals surface area contributed by atoms with Crippen LogP contribution in [0.4, 0.5) is 0 Å². The van der Waals surface area contributed by atoms with Crippen LogP contribution in [0.15, 0.2) is 11.5 Å². The van der Waals surface area contributed by atoms with E-state index in [-0.39, 0.29) is 18.3 Å². The van der Waals surface area contributed by atoms with Crippen molar-refractivity contribution in [3.63, 3.8) is 0 Å². The molecule has 1 unspecified atom stereocenters. The lowest BCUT2D eigenvalue weighted by atomic mass is 10.1. The normalized spacial score (nSPS) is 17.7. The van der Waals surface area contributed by atoms with Gasteiger partial charge in [0.15, 0.2) is 0 Å². The van der Waals surface area contributed by atoms with Gasteiger partial charge in [0.1, 0.15) is 0 Å². The molecule has 0 aromatic rings. The smallest absolute Gasteiger partial charge is 0.307 e. The molecule has 1 rings (SSSR count). The molecule has 1 amide bonds. The van der Waals surface area contributed by atoms with E-state index in [1.54, 1.807) is 10.8 Å². The molecule has 0 radical (unpaired) electrons. The summed E-state index contributed by atoms with van der Waals surface area (Å²) >= 11 is 0. The molecule has 4 nitrogen and oxygen atoms in total. The van der Waals surface area contributed by atoms with Crippen molar-refractivity contribution in [1.29, 1.82) is 0 Å². The highest BCUT2D eigenvalue weighted by Crippen LogP contribution is 2.37. The van der Waals surface area contributed by atoms with Crippen LogP contribution in [-0.2, 0) is 14.3 Å². The lowest BCUT2D eigenvalue weighted by molar-refractivity contribution is -0.140. The number of carbonyl (C=O) groups is 2. The molecule has 1 atom stereocenters. The molecular weight excluding hydrogens is 270 g/mol. The van der Waals surface area contributed by atoms with E-state index in [0.29, 0.717) is 18.2 Å². The second kappa shape index (κ2) is 9.33. The average Bonchev–Trinajstić information content (AvgIpc) is 2.87. The van der Waals surface area contributed by atoms with Crippen LogP contribution < -0.4 is 5.32 Å². The Hall–Kier alpha value is -0.620. The van der Waals surface area contributed by atoms with Gasteiger partial charge in [0.05, 0.1) is 13.5 Å². The molecule has 0 fully saturated rings. The SMILES string of the molecule is COC(=O)CCNC(=O)CCCCC1C=CSS1. The molecule has 18 heavy (non-hydrogen) atoms. The summed E-state index contributed by atoms with van der Waals surface area (Å²) in [6, 6.07) is 0. The predicted octanol–water partition coefficient (Wildman–Crippen LogP) is 2.50. The molecule has 0 aromatic carbocycles. The molecule has 1 N–H and O–H groups in total. The third-order valence-corrected chi connectivity index (χ3v) is 4.98. The van der Waals surface area contributed by atoms with E-state index in [1.807, 2.05) is 10.8 Å². The second-order valence-corrected chi connectivity index (χ2v) is 6.40. The number of carbonyl (C=O) groups excluding carboxylic acids is 2. The van der Waals surface area contributed by atoms with Gasteiger partial charge < -0.3 is 10.1 Å². The highest BCUT2D eigenvalue weighted by atomic mass is 33.1. The summed E-state index contributed by atoms with van der Waals surface area (Å²) in [5, 5.41) is 5.44. The number of nitrogens with one attached hydrogen (secondary N) is 1. The van der Waals surface area contributed by atoms with Gasteiger partial charge in [0, 0.05) is 18.2 Å². The Morgan fingerprint density at radius 1 is 1.33 bits per heavy atom. The van der Waals surface area contributed by atoms with Crippen molar-refractivity contribution < 1.29 is 14.3 Å². The number of esters is 1. The zero-order valence-electron chi connectivity index (χ0n) is 10.5. The summed E-state index contributed by atoms with van der Waals surface area (Å²) in [6.07, 6.45) is 6.08. The Labute approximate surface area is 116 Å². The molecule has 0 saturated heterocycles. The Morgan fingerprint density at radius 2 is 2.17 bits per heavy atom. The van der Waals surface area contributed by atoms with E-state index in [9.17, 15) is 9.59 Å². The lowest BCUT2D eigenvalue weighted by Gasteiger charge is -2.06. The first-order valence-corrected chi connectivity index (χ1v) is 8.32. The van der Waals surface area contributed by atoms with Crippen molar-refractivity contribution in [1.82, 2.24) is 5.32 Å². The first kappa shape index (κ1) is 15.4. The van der Waals surface area contributed by atoms with Gasteiger partial charge in [0.25, 0.3) is 0 Å². The standard InChI is InChI=1S/C12H19NO3S2/c1-16-12(15)6-8-13-11(14)5-3-2-4-10-7-9-17-18-10/h7,9-10H,2-6,8H2,1H3,(H,13,14). The summed E-state index contributed by atoms with van der Waals surface area (Å²) in [5.41, 5.74) is 0. The van der Waals surface area contributed by atoms with Gasteiger partial charge in [-0.1, -0.05) is 34.1 Å². The minimum atomic E-state index is -0.294. The number of unbranched alkanes of at least 4 members (excludes halogenated alkanes) is 1. The van der Waals surface area contributed by atoms with Crippen LogP contribution in [0.5, 0.6) is 0 Å². The van der Waals surface area contributed by atoms with Gasteiger partial charge in [-0.05, 0) is 18.2 Å². The molecule has 0 bridgehead atoms. The van der Waals surface area contributed by atoms with Gasteiger partial charge in [-0.15, -0.1) is 0 Å². The van der Waals surface area contributed by atoms with Crippen molar-refractivity contribution in [2.45, 2.75) is 37.4 Å². The highest BCUT2D eigenvalue weighted by molar-refractivity contribution is 8.78. The largest absolute Gasteiger partial charge is 0.469 e. The van der Waals surface area contributed by atoms with Crippen LogP contribution in [0.2, 0.25) is 0 Å².